The Bertz CT molecular complexity index is 430. The van der Waals surface area contributed by atoms with Gasteiger partial charge in [0.25, 0.3) is 0 Å². The quantitative estimate of drug-likeness (QED) is 0.832. The molecule has 0 spiro atoms. The maximum Gasteiger partial charge on any atom is 0.225 e. The first kappa shape index (κ1) is 18.2. The minimum absolute atomic E-state index is 0.0909. The fourth-order valence-electron chi connectivity index (χ4n) is 3.55. The fraction of sp³-hybridized carbons (Fsp3) is 0.889. The summed E-state index contributed by atoms with van der Waals surface area (Å²) in [6.07, 6.45) is 4.03. The van der Waals surface area contributed by atoms with Gasteiger partial charge in [-0.1, -0.05) is 20.8 Å². The van der Waals surface area contributed by atoms with Crippen LogP contribution >= 0.6 is 0 Å². The highest BCUT2D eigenvalue weighted by Gasteiger charge is 2.31. The van der Waals surface area contributed by atoms with Gasteiger partial charge in [0.05, 0.1) is 0 Å². The van der Waals surface area contributed by atoms with Crippen LogP contribution in [0.3, 0.4) is 0 Å². The predicted octanol–water partition coefficient (Wildman–Crippen LogP) is 1.78. The molecule has 2 saturated heterocycles. The molecule has 2 N–H and O–H groups in total. The molecule has 0 saturated carbocycles. The maximum atomic E-state index is 12.8. The van der Waals surface area contributed by atoms with Crippen molar-refractivity contribution in [3.63, 3.8) is 0 Å². The average Bonchev–Trinajstić information content (AvgIpc) is 2.51. The number of carbonyl (C=O) groups is 2. The Morgan fingerprint density at radius 2 is 2.00 bits per heavy atom. The smallest absolute Gasteiger partial charge is 0.225 e. The molecule has 5 heteroatoms. The third kappa shape index (κ3) is 5.20. The SMILES string of the molecule is C[C@H]1C[C@@H](C(=O)N2CCCC(CNC(=O)C(C)(C)C)C2)CCN1. The Balaban J connectivity index is 1.83. The zero-order valence-corrected chi connectivity index (χ0v) is 15.2. The zero-order valence-electron chi connectivity index (χ0n) is 15.2. The monoisotopic (exact) mass is 323 g/mol. The van der Waals surface area contributed by atoms with Gasteiger partial charge in [0.2, 0.25) is 11.8 Å². The van der Waals surface area contributed by atoms with E-state index >= 15 is 0 Å². The summed E-state index contributed by atoms with van der Waals surface area (Å²) in [7, 11) is 0. The van der Waals surface area contributed by atoms with E-state index in [2.05, 4.69) is 17.6 Å². The van der Waals surface area contributed by atoms with E-state index < -0.39 is 0 Å². The first-order chi connectivity index (χ1) is 10.8. The van der Waals surface area contributed by atoms with Crippen LogP contribution in [0.2, 0.25) is 0 Å². The molecular weight excluding hydrogens is 290 g/mol. The van der Waals surface area contributed by atoms with Crippen LogP contribution in [0.4, 0.5) is 0 Å². The number of likely N-dealkylation sites (tertiary alicyclic amines) is 1. The predicted molar refractivity (Wildman–Crippen MR) is 92.0 cm³/mol. The highest BCUT2D eigenvalue weighted by atomic mass is 16.2. The number of hydrogen-bond acceptors (Lipinski definition) is 3. The highest BCUT2D eigenvalue weighted by molar-refractivity contribution is 5.81. The van der Waals surface area contributed by atoms with Gasteiger partial charge in [-0.2, -0.15) is 0 Å². The van der Waals surface area contributed by atoms with Gasteiger partial charge in [0.15, 0.2) is 0 Å². The molecule has 0 aromatic rings. The lowest BCUT2D eigenvalue weighted by Crippen LogP contribution is -2.49. The molecule has 2 amide bonds. The van der Waals surface area contributed by atoms with Crippen molar-refractivity contribution in [2.75, 3.05) is 26.2 Å². The Labute approximate surface area is 140 Å². The van der Waals surface area contributed by atoms with Crippen molar-refractivity contribution in [3.8, 4) is 0 Å². The van der Waals surface area contributed by atoms with E-state index in [-0.39, 0.29) is 17.2 Å². The number of nitrogens with zero attached hydrogens (tertiary/aromatic N) is 1. The number of rotatable bonds is 3. The Morgan fingerprint density at radius 3 is 2.65 bits per heavy atom. The Hall–Kier alpha value is -1.10. The number of piperidine rings is 2. The van der Waals surface area contributed by atoms with Crippen molar-refractivity contribution in [2.24, 2.45) is 17.3 Å². The molecule has 2 fully saturated rings. The highest BCUT2D eigenvalue weighted by Crippen LogP contribution is 2.23. The van der Waals surface area contributed by atoms with E-state index in [4.69, 9.17) is 0 Å². The van der Waals surface area contributed by atoms with E-state index in [9.17, 15) is 9.59 Å². The van der Waals surface area contributed by atoms with Crippen molar-refractivity contribution >= 4 is 11.8 Å². The lowest BCUT2D eigenvalue weighted by atomic mass is 9.90. The second-order valence-corrected chi connectivity index (χ2v) is 8.33. The second-order valence-electron chi connectivity index (χ2n) is 8.33. The molecule has 2 heterocycles. The normalized spacial score (nSPS) is 29.2. The van der Waals surface area contributed by atoms with Crippen molar-refractivity contribution in [1.82, 2.24) is 15.5 Å². The summed E-state index contributed by atoms with van der Waals surface area (Å²) in [4.78, 5) is 26.8. The van der Waals surface area contributed by atoms with Crippen LogP contribution in [0, 0.1) is 17.3 Å². The largest absolute Gasteiger partial charge is 0.355 e. The Morgan fingerprint density at radius 1 is 1.26 bits per heavy atom. The van der Waals surface area contributed by atoms with E-state index in [0.29, 0.717) is 24.4 Å². The fourth-order valence-corrected chi connectivity index (χ4v) is 3.55. The lowest BCUT2D eigenvalue weighted by Gasteiger charge is -2.37. The summed E-state index contributed by atoms with van der Waals surface area (Å²) in [5, 5.41) is 6.46. The second kappa shape index (κ2) is 7.65. The van der Waals surface area contributed by atoms with Crippen LogP contribution in [0.25, 0.3) is 0 Å². The molecule has 132 valence electrons. The van der Waals surface area contributed by atoms with Crippen LogP contribution in [-0.2, 0) is 9.59 Å². The molecule has 0 bridgehead atoms. The van der Waals surface area contributed by atoms with Gasteiger partial charge in [-0.05, 0) is 45.1 Å². The summed E-state index contributed by atoms with van der Waals surface area (Å²) in [6.45, 7) is 11.2. The number of hydrogen-bond donors (Lipinski definition) is 2. The molecule has 2 aliphatic heterocycles. The molecule has 5 nitrogen and oxygen atoms in total. The molecule has 0 aromatic heterocycles. The van der Waals surface area contributed by atoms with E-state index in [0.717, 1.165) is 45.3 Å². The first-order valence-electron chi connectivity index (χ1n) is 9.08. The van der Waals surface area contributed by atoms with Crippen LogP contribution in [0.5, 0.6) is 0 Å². The Kier molecular flexibility index (Phi) is 6.06. The summed E-state index contributed by atoms with van der Waals surface area (Å²) in [5.41, 5.74) is -0.352. The standard InChI is InChI=1S/C18H33N3O2/c1-13-10-15(7-8-19-13)16(22)21-9-5-6-14(12-21)11-20-17(23)18(2,3)4/h13-15,19H,5-12H2,1-4H3,(H,20,23)/t13-,14?,15-/m0/s1. The first-order valence-corrected chi connectivity index (χ1v) is 9.08. The maximum absolute atomic E-state index is 12.8. The number of nitrogens with one attached hydrogen (secondary N) is 2. The molecule has 0 aliphatic carbocycles. The van der Waals surface area contributed by atoms with Crippen molar-refractivity contribution in [1.29, 1.82) is 0 Å². The van der Waals surface area contributed by atoms with Crippen LogP contribution in [0.1, 0.15) is 53.4 Å². The van der Waals surface area contributed by atoms with Gasteiger partial charge in [-0.25, -0.2) is 0 Å². The molecule has 3 atom stereocenters. The van der Waals surface area contributed by atoms with E-state index in [1.165, 1.54) is 0 Å². The zero-order chi connectivity index (χ0) is 17.0. The third-order valence-corrected chi connectivity index (χ3v) is 5.04. The van der Waals surface area contributed by atoms with Crippen LogP contribution in [-0.4, -0.2) is 48.9 Å². The summed E-state index contributed by atoms with van der Waals surface area (Å²) in [5.74, 6) is 0.977. The molecule has 0 radical (unpaired) electrons. The summed E-state index contributed by atoms with van der Waals surface area (Å²) < 4.78 is 0. The molecule has 1 unspecified atom stereocenters. The van der Waals surface area contributed by atoms with Crippen molar-refractivity contribution < 1.29 is 9.59 Å². The van der Waals surface area contributed by atoms with Gasteiger partial charge in [-0.3, -0.25) is 9.59 Å². The average molecular weight is 323 g/mol. The van der Waals surface area contributed by atoms with Gasteiger partial charge in [-0.15, -0.1) is 0 Å². The molecule has 0 aromatic carbocycles. The summed E-state index contributed by atoms with van der Waals surface area (Å²) >= 11 is 0. The van der Waals surface area contributed by atoms with Crippen molar-refractivity contribution in [3.05, 3.63) is 0 Å². The van der Waals surface area contributed by atoms with Crippen LogP contribution < -0.4 is 10.6 Å². The van der Waals surface area contributed by atoms with Gasteiger partial charge >= 0.3 is 0 Å². The minimum atomic E-state index is -0.352. The molecule has 2 aliphatic rings. The topological polar surface area (TPSA) is 61.4 Å². The minimum Gasteiger partial charge on any atom is -0.355 e. The summed E-state index contributed by atoms with van der Waals surface area (Å²) in [6, 6.07) is 0.435. The number of carbonyl (C=O) groups excluding carboxylic acids is 2. The van der Waals surface area contributed by atoms with Crippen LogP contribution in [0.15, 0.2) is 0 Å². The van der Waals surface area contributed by atoms with Gasteiger partial charge < -0.3 is 15.5 Å². The molecule has 23 heavy (non-hydrogen) atoms. The van der Waals surface area contributed by atoms with E-state index in [1.807, 2.05) is 25.7 Å². The molecule has 2 rings (SSSR count). The lowest BCUT2D eigenvalue weighted by molar-refractivity contribution is -0.138. The number of amides is 2. The molecular formula is C18H33N3O2. The van der Waals surface area contributed by atoms with Crippen molar-refractivity contribution in [2.45, 2.75) is 59.4 Å². The van der Waals surface area contributed by atoms with Gasteiger partial charge in [0.1, 0.15) is 0 Å². The van der Waals surface area contributed by atoms with E-state index in [1.54, 1.807) is 0 Å². The van der Waals surface area contributed by atoms with Gasteiger partial charge in [0, 0.05) is 37.0 Å². The third-order valence-electron chi connectivity index (χ3n) is 5.04.